The molecule has 5 heteroatoms. The van der Waals surface area contributed by atoms with E-state index in [9.17, 15) is 0 Å². The Bertz CT molecular complexity index is 566. The van der Waals surface area contributed by atoms with Crippen molar-refractivity contribution < 1.29 is 0 Å². The van der Waals surface area contributed by atoms with Gasteiger partial charge in [0.15, 0.2) is 0 Å². The van der Waals surface area contributed by atoms with Gasteiger partial charge in [-0.3, -0.25) is 0 Å². The molecule has 5 nitrogen and oxygen atoms in total. The highest BCUT2D eigenvalue weighted by atomic mass is 15.3. The van der Waals surface area contributed by atoms with Crippen LogP contribution in [0.4, 0.5) is 5.69 Å². The highest BCUT2D eigenvalue weighted by Gasteiger charge is 2.23. The molecule has 0 bridgehead atoms. The van der Waals surface area contributed by atoms with Crippen molar-refractivity contribution in [3.63, 3.8) is 0 Å². The van der Waals surface area contributed by atoms with E-state index in [1.54, 1.807) is 12.7 Å². The standard InChI is InChI=1S/C16H23N5/c1-13(14-6-5-9-20(2)10-14)19-15-7-3-4-8-16(15)21-12-17-11-18-21/h3-4,7-8,11-14,19H,5-6,9-10H2,1-2H3. The van der Waals surface area contributed by atoms with Gasteiger partial charge in [0.2, 0.25) is 0 Å². The van der Waals surface area contributed by atoms with Gasteiger partial charge in [-0.15, -0.1) is 0 Å². The van der Waals surface area contributed by atoms with Crippen LogP contribution in [0.3, 0.4) is 0 Å². The first kappa shape index (κ1) is 14.1. The average Bonchev–Trinajstić information content (AvgIpc) is 3.02. The Morgan fingerprint density at radius 3 is 2.95 bits per heavy atom. The van der Waals surface area contributed by atoms with Gasteiger partial charge in [0, 0.05) is 12.6 Å². The maximum absolute atomic E-state index is 4.24. The van der Waals surface area contributed by atoms with Gasteiger partial charge >= 0.3 is 0 Å². The first-order valence-corrected chi connectivity index (χ1v) is 7.63. The van der Waals surface area contributed by atoms with Crippen molar-refractivity contribution in [1.82, 2.24) is 19.7 Å². The summed E-state index contributed by atoms with van der Waals surface area (Å²) in [5, 5.41) is 7.91. The SMILES string of the molecule is CC(Nc1ccccc1-n1cncn1)C1CCCN(C)C1. The molecule has 2 aromatic rings. The van der Waals surface area contributed by atoms with Gasteiger partial charge in [0.05, 0.1) is 11.4 Å². The third-order valence-corrected chi connectivity index (χ3v) is 4.32. The molecule has 1 aliphatic heterocycles. The van der Waals surface area contributed by atoms with E-state index in [0.29, 0.717) is 12.0 Å². The van der Waals surface area contributed by atoms with Crippen molar-refractivity contribution in [1.29, 1.82) is 0 Å². The van der Waals surface area contributed by atoms with Crippen molar-refractivity contribution in [3.05, 3.63) is 36.9 Å². The number of benzene rings is 1. The monoisotopic (exact) mass is 285 g/mol. The minimum Gasteiger partial charge on any atom is -0.381 e. The Labute approximate surface area is 126 Å². The van der Waals surface area contributed by atoms with E-state index in [-0.39, 0.29) is 0 Å². The fourth-order valence-corrected chi connectivity index (χ4v) is 3.11. The summed E-state index contributed by atoms with van der Waals surface area (Å²) >= 11 is 0. The molecule has 2 heterocycles. The lowest BCUT2D eigenvalue weighted by molar-refractivity contribution is 0.197. The number of anilines is 1. The van der Waals surface area contributed by atoms with E-state index in [2.05, 4.69) is 52.5 Å². The number of likely N-dealkylation sites (tertiary alicyclic amines) is 1. The fourth-order valence-electron chi connectivity index (χ4n) is 3.11. The second kappa shape index (κ2) is 6.26. The third-order valence-electron chi connectivity index (χ3n) is 4.32. The highest BCUT2D eigenvalue weighted by molar-refractivity contribution is 5.60. The second-order valence-corrected chi connectivity index (χ2v) is 5.95. The quantitative estimate of drug-likeness (QED) is 0.937. The van der Waals surface area contributed by atoms with Crippen molar-refractivity contribution >= 4 is 5.69 Å². The number of nitrogens with zero attached hydrogens (tertiary/aromatic N) is 4. The van der Waals surface area contributed by atoms with Gasteiger partial charge in [-0.1, -0.05) is 12.1 Å². The van der Waals surface area contributed by atoms with E-state index in [0.717, 1.165) is 11.4 Å². The summed E-state index contributed by atoms with van der Waals surface area (Å²) < 4.78 is 1.81. The van der Waals surface area contributed by atoms with Gasteiger partial charge < -0.3 is 10.2 Å². The number of rotatable bonds is 4. The van der Waals surface area contributed by atoms with Crippen molar-refractivity contribution in [2.45, 2.75) is 25.8 Å². The number of piperidine rings is 1. The molecule has 0 amide bonds. The Morgan fingerprint density at radius 2 is 2.19 bits per heavy atom. The van der Waals surface area contributed by atoms with Crippen molar-refractivity contribution in [3.8, 4) is 5.69 Å². The zero-order valence-corrected chi connectivity index (χ0v) is 12.7. The van der Waals surface area contributed by atoms with Crippen LogP contribution < -0.4 is 5.32 Å². The van der Waals surface area contributed by atoms with E-state index >= 15 is 0 Å². The van der Waals surface area contributed by atoms with Crippen LogP contribution in [0.15, 0.2) is 36.9 Å². The molecule has 2 unspecified atom stereocenters. The molecule has 0 saturated carbocycles. The summed E-state index contributed by atoms with van der Waals surface area (Å²) in [7, 11) is 2.21. The number of hydrogen-bond donors (Lipinski definition) is 1. The molecule has 0 aliphatic carbocycles. The lowest BCUT2D eigenvalue weighted by Gasteiger charge is -2.34. The summed E-state index contributed by atoms with van der Waals surface area (Å²) in [5.74, 6) is 0.688. The lowest BCUT2D eigenvalue weighted by atomic mass is 9.91. The van der Waals surface area contributed by atoms with Crippen LogP contribution in [0.1, 0.15) is 19.8 Å². The summed E-state index contributed by atoms with van der Waals surface area (Å²) in [6.07, 6.45) is 5.89. The van der Waals surface area contributed by atoms with Crippen LogP contribution in [0.2, 0.25) is 0 Å². The van der Waals surface area contributed by atoms with Crippen LogP contribution in [-0.2, 0) is 0 Å². The first-order chi connectivity index (χ1) is 10.2. The van der Waals surface area contributed by atoms with Crippen LogP contribution in [0.5, 0.6) is 0 Å². The highest BCUT2D eigenvalue weighted by Crippen LogP contribution is 2.24. The summed E-state index contributed by atoms with van der Waals surface area (Å²) in [6, 6.07) is 8.71. The Morgan fingerprint density at radius 1 is 1.33 bits per heavy atom. The van der Waals surface area contributed by atoms with Gasteiger partial charge in [-0.25, -0.2) is 9.67 Å². The second-order valence-electron chi connectivity index (χ2n) is 5.95. The van der Waals surface area contributed by atoms with Crippen LogP contribution in [-0.4, -0.2) is 45.8 Å². The van der Waals surface area contributed by atoms with E-state index in [4.69, 9.17) is 0 Å². The molecule has 1 fully saturated rings. The molecule has 1 N–H and O–H groups in total. The number of aromatic nitrogens is 3. The zero-order valence-electron chi connectivity index (χ0n) is 12.7. The minimum atomic E-state index is 0.442. The number of para-hydroxylation sites is 2. The maximum Gasteiger partial charge on any atom is 0.138 e. The van der Waals surface area contributed by atoms with E-state index in [1.807, 2.05) is 10.7 Å². The molecule has 21 heavy (non-hydrogen) atoms. The molecule has 0 radical (unpaired) electrons. The molecular weight excluding hydrogens is 262 g/mol. The van der Waals surface area contributed by atoms with Gasteiger partial charge in [0.25, 0.3) is 0 Å². The van der Waals surface area contributed by atoms with Gasteiger partial charge in [0.1, 0.15) is 12.7 Å². The number of nitrogens with one attached hydrogen (secondary N) is 1. The van der Waals surface area contributed by atoms with Crippen LogP contribution >= 0.6 is 0 Å². The fraction of sp³-hybridized carbons (Fsp3) is 0.500. The molecule has 0 spiro atoms. The predicted molar refractivity (Wildman–Crippen MR) is 84.7 cm³/mol. The van der Waals surface area contributed by atoms with Gasteiger partial charge in [-0.05, 0) is 51.4 Å². The zero-order chi connectivity index (χ0) is 14.7. The van der Waals surface area contributed by atoms with Crippen LogP contribution in [0.25, 0.3) is 5.69 Å². The molecule has 3 rings (SSSR count). The molecule has 1 aromatic heterocycles. The molecule has 1 saturated heterocycles. The van der Waals surface area contributed by atoms with Crippen molar-refractivity contribution in [2.75, 3.05) is 25.5 Å². The lowest BCUT2D eigenvalue weighted by Crippen LogP contribution is -2.40. The summed E-state index contributed by atoms with van der Waals surface area (Å²) in [4.78, 5) is 6.46. The number of hydrogen-bond acceptors (Lipinski definition) is 4. The van der Waals surface area contributed by atoms with Gasteiger partial charge in [-0.2, -0.15) is 5.10 Å². The summed E-state index contributed by atoms with van der Waals surface area (Å²) in [6.45, 7) is 4.67. The third kappa shape index (κ3) is 3.24. The Balaban J connectivity index is 1.75. The molecule has 1 aliphatic rings. The molecule has 112 valence electrons. The smallest absolute Gasteiger partial charge is 0.138 e. The van der Waals surface area contributed by atoms with E-state index in [1.165, 1.54) is 25.9 Å². The van der Waals surface area contributed by atoms with E-state index < -0.39 is 0 Å². The molecular formula is C16H23N5. The summed E-state index contributed by atoms with van der Waals surface area (Å²) in [5.41, 5.74) is 2.16. The Kier molecular flexibility index (Phi) is 4.20. The van der Waals surface area contributed by atoms with Crippen molar-refractivity contribution in [2.24, 2.45) is 5.92 Å². The first-order valence-electron chi connectivity index (χ1n) is 7.63. The normalized spacial score (nSPS) is 21.1. The predicted octanol–water partition coefficient (Wildman–Crippen LogP) is 2.41. The molecule has 1 aromatic carbocycles. The van der Waals surface area contributed by atoms with Crippen LogP contribution in [0, 0.1) is 5.92 Å². The Hall–Kier alpha value is -1.88. The maximum atomic E-state index is 4.24. The topological polar surface area (TPSA) is 46.0 Å². The minimum absolute atomic E-state index is 0.442. The largest absolute Gasteiger partial charge is 0.381 e. The average molecular weight is 285 g/mol. The molecule has 2 atom stereocenters.